The molecule has 2 atom stereocenters. The molecule has 1 aliphatic rings. The highest BCUT2D eigenvalue weighted by molar-refractivity contribution is 7.90. The van der Waals surface area contributed by atoms with E-state index in [9.17, 15) is 13.2 Å². The lowest BCUT2D eigenvalue weighted by atomic mass is 9.97. The van der Waals surface area contributed by atoms with Gasteiger partial charge in [0.2, 0.25) is 0 Å². The maximum atomic E-state index is 12.2. The zero-order valence-corrected chi connectivity index (χ0v) is 12.5. The Balaban J connectivity index is 2.09. The summed E-state index contributed by atoms with van der Waals surface area (Å²) >= 11 is 0. The molecule has 0 aliphatic carbocycles. The molecule has 2 rings (SSSR count). The van der Waals surface area contributed by atoms with Crippen molar-refractivity contribution in [1.82, 2.24) is 10.6 Å². The van der Waals surface area contributed by atoms with E-state index in [1.165, 1.54) is 12.1 Å². The van der Waals surface area contributed by atoms with Gasteiger partial charge in [0.1, 0.15) is 0 Å². The van der Waals surface area contributed by atoms with Gasteiger partial charge < -0.3 is 10.6 Å². The molecule has 2 N–H and O–H groups in total. The molecule has 0 saturated carbocycles. The Morgan fingerprint density at radius 2 is 2.10 bits per heavy atom. The van der Waals surface area contributed by atoms with Crippen LogP contribution in [0, 0.1) is 5.92 Å². The fourth-order valence-electron chi connectivity index (χ4n) is 2.40. The average Bonchev–Trinajstić information content (AvgIpc) is 2.38. The van der Waals surface area contributed by atoms with Gasteiger partial charge in [0.05, 0.1) is 4.90 Å². The quantitative estimate of drug-likeness (QED) is 0.866. The molecular weight excluding hydrogens is 276 g/mol. The Labute approximate surface area is 119 Å². The first-order valence-electron chi connectivity index (χ1n) is 6.68. The molecule has 2 unspecified atom stereocenters. The maximum Gasteiger partial charge on any atom is 0.251 e. The first kappa shape index (κ1) is 15.0. The number of benzene rings is 1. The lowest BCUT2D eigenvalue weighted by molar-refractivity contribution is 0.0925. The van der Waals surface area contributed by atoms with E-state index in [-0.39, 0.29) is 16.8 Å². The third-order valence-electron chi connectivity index (χ3n) is 3.43. The molecule has 1 fully saturated rings. The summed E-state index contributed by atoms with van der Waals surface area (Å²) in [7, 11) is -3.29. The van der Waals surface area contributed by atoms with Crippen molar-refractivity contribution >= 4 is 15.7 Å². The molecular formula is C14H20N2O3S. The monoisotopic (exact) mass is 296 g/mol. The van der Waals surface area contributed by atoms with E-state index in [2.05, 4.69) is 17.6 Å². The normalized spacial score (nSPS) is 23.3. The molecule has 1 aliphatic heterocycles. The number of carbonyl (C=O) groups is 1. The Bertz CT molecular complexity index is 598. The van der Waals surface area contributed by atoms with Gasteiger partial charge in [-0.05, 0) is 37.1 Å². The van der Waals surface area contributed by atoms with E-state index in [1.807, 2.05) is 0 Å². The molecule has 1 aromatic carbocycles. The van der Waals surface area contributed by atoms with Crippen LogP contribution in [0.5, 0.6) is 0 Å². The largest absolute Gasteiger partial charge is 0.348 e. The van der Waals surface area contributed by atoms with Crippen LogP contribution in [0.2, 0.25) is 0 Å². The molecule has 110 valence electrons. The topological polar surface area (TPSA) is 75.3 Å². The Kier molecular flexibility index (Phi) is 4.45. The number of piperidine rings is 1. The first-order valence-corrected chi connectivity index (χ1v) is 8.57. The minimum Gasteiger partial charge on any atom is -0.348 e. The van der Waals surface area contributed by atoms with Gasteiger partial charge in [-0.25, -0.2) is 8.42 Å². The highest BCUT2D eigenvalue weighted by Crippen LogP contribution is 2.13. The van der Waals surface area contributed by atoms with Crippen molar-refractivity contribution in [2.75, 3.05) is 19.3 Å². The fraction of sp³-hybridized carbons (Fsp3) is 0.500. The molecule has 5 nitrogen and oxygen atoms in total. The third-order valence-corrected chi connectivity index (χ3v) is 4.54. The highest BCUT2D eigenvalue weighted by atomic mass is 32.2. The zero-order valence-electron chi connectivity index (χ0n) is 11.7. The smallest absolute Gasteiger partial charge is 0.251 e. The predicted molar refractivity (Wildman–Crippen MR) is 77.5 cm³/mol. The molecule has 20 heavy (non-hydrogen) atoms. The van der Waals surface area contributed by atoms with Gasteiger partial charge in [0, 0.05) is 24.4 Å². The number of carbonyl (C=O) groups excluding carboxylic acids is 1. The lowest BCUT2D eigenvalue weighted by Gasteiger charge is -2.28. The summed E-state index contributed by atoms with van der Waals surface area (Å²) in [6, 6.07) is 6.23. The van der Waals surface area contributed by atoms with E-state index in [0.29, 0.717) is 11.5 Å². The van der Waals surface area contributed by atoms with Crippen molar-refractivity contribution in [3.05, 3.63) is 29.8 Å². The summed E-state index contributed by atoms with van der Waals surface area (Å²) < 4.78 is 23.0. The van der Waals surface area contributed by atoms with Gasteiger partial charge in [-0.3, -0.25) is 4.79 Å². The maximum absolute atomic E-state index is 12.2. The van der Waals surface area contributed by atoms with Crippen LogP contribution in [0.15, 0.2) is 29.2 Å². The van der Waals surface area contributed by atoms with E-state index >= 15 is 0 Å². The Hall–Kier alpha value is -1.40. The third kappa shape index (κ3) is 3.80. The highest BCUT2D eigenvalue weighted by Gasteiger charge is 2.21. The number of hydrogen-bond donors (Lipinski definition) is 2. The first-order chi connectivity index (χ1) is 9.36. The fourth-order valence-corrected chi connectivity index (χ4v) is 3.07. The van der Waals surface area contributed by atoms with Gasteiger partial charge >= 0.3 is 0 Å². The van der Waals surface area contributed by atoms with Crippen LogP contribution < -0.4 is 10.6 Å². The van der Waals surface area contributed by atoms with Crippen molar-refractivity contribution in [1.29, 1.82) is 0 Å². The summed E-state index contributed by atoms with van der Waals surface area (Å²) in [6.45, 7) is 3.85. The van der Waals surface area contributed by atoms with E-state index < -0.39 is 9.84 Å². The predicted octanol–water partition coefficient (Wildman–Crippen LogP) is 0.818. The van der Waals surface area contributed by atoms with Crippen LogP contribution in [0.1, 0.15) is 23.7 Å². The molecule has 0 aromatic heterocycles. The average molecular weight is 296 g/mol. The van der Waals surface area contributed by atoms with Crippen LogP contribution in [-0.2, 0) is 9.84 Å². The Morgan fingerprint density at radius 3 is 2.75 bits per heavy atom. The molecule has 1 heterocycles. The molecule has 1 saturated heterocycles. The summed E-state index contributed by atoms with van der Waals surface area (Å²) in [6.07, 6.45) is 2.07. The molecule has 0 bridgehead atoms. The van der Waals surface area contributed by atoms with Crippen LogP contribution in [0.25, 0.3) is 0 Å². The van der Waals surface area contributed by atoms with E-state index in [1.54, 1.807) is 12.1 Å². The van der Waals surface area contributed by atoms with Crippen molar-refractivity contribution in [3.63, 3.8) is 0 Å². The number of hydrogen-bond acceptors (Lipinski definition) is 4. The summed E-state index contributed by atoms with van der Waals surface area (Å²) in [5.74, 6) is 0.299. The SMILES string of the molecule is CC1CNCC(NC(=O)c2cccc(S(C)(=O)=O)c2)C1. The summed E-state index contributed by atoms with van der Waals surface area (Å²) in [5.41, 5.74) is 0.381. The minimum absolute atomic E-state index is 0.0909. The molecule has 6 heteroatoms. The van der Waals surface area contributed by atoms with Crippen molar-refractivity contribution in [3.8, 4) is 0 Å². The number of rotatable bonds is 3. The molecule has 1 amide bonds. The van der Waals surface area contributed by atoms with Gasteiger partial charge in [0.15, 0.2) is 9.84 Å². The second-order valence-corrected chi connectivity index (χ2v) is 7.49. The lowest BCUT2D eigenvalue weighted by Crippen LogP contribution is -2.48. The van der Waals surface area contributed by atoms with Crippen LogP contribution >= 0.6 is 0 Å². The standard InChI is InChI=1S/C14H20N2O3S/c1-10-6-12(9-15-8-10)16-14(17)11-4-3-5-13(7-11)20(2,18)19/h3-5,7,10,12,15H,6,8-9H2,1-2H3,(H,16,17). The van der Waals surface area contributed by atoms with E-state index in [0.717, 1.165) is 25.8 Å². The van der Waals surface area contributed by atoms with Gasteiger partial charge in [-0.15, -0.1) is 0 Å². The van der Waals surface area contributed by atoms with Crippen LogP contribution in [0.4, 0.5) is 0 Å². The molecule has 0 radical (unpaired) electrons. The van der Waals surface area contributed by atoms with Gasteiger partial charge in [0.25, 0.3) is 5.91 Å². The second-order valence-electron chi connectivity index (χ2n) is 5.47. The molecule has 0 spiro atoms. The number of amides is 1. The van der Waals surface area contributed by atoms with Gasteiger partial charge in [-0.1, -0.05) is 13.0 Å². The number of nitrogens with one attached hydrogen (secondary N) is 2. The van der Waals surface area contributed by atoms with Crippen LogP contribution in [-0.4, -0.2) is 39.7 Å². The Morgan fingerprint density at radius 1 is 1.35 bits per heavy atom. The van der Waals surface area contributed by atoms with Crippen molar-refractivity contribution in [2.24, 2.45) is 5.92 Å². The summed E-state index contributed by atoms with van der Waals surface area (Å²) in [5, 5.41) is 6.21. The molecule has 1 aromatic rings. The van der Waals surface area contributed by atoms with E-state index in [4.69, 9.17) is 0 Å². The second kappa shape index (κ2) is 5.93. The minimum atomic E-state index is -3.29. The number of sulfone groups is 1. The van der Waals surface area contributed by atoms with Crippen molar-refractivity contribution < 1.29 is 13.2 Å². The van der Waals surface area contributed by atoms with Crippen LogP contribution in [0.3, 0.4) is 0 Å². The van der Waals surface area contributed by atoms with Gasteiger partial charge in [-0.2, -0.15) is 0 Å². The summed E-state index contributed by atoms with van der Waals surface area (Å²) in [4.78, 5) is 12.3. The zero-order chi connectivity index (χ0) is 14.8. The van der Waals surface area contributed by atoms with Crippen molar-refractivity contribution in [2.45, 2.75) is 24.3 Å².